The molecule has 0 fully saturated rings. The number of imidazole rings is 1. The fourth-order valence-corrected chi connectivity index (χ4v) is 2.18. The number of nitro groups is 1. The summed E-state index contributed by atoms with van der Waals surface area (Å²) in [6, 6.07) is 7.59. The minimum absolute atomic E-state index is 0.143. The van der Waals surface area contributed by atoms with Gasteiger partial charge in [0, 0.05) is 20.6 Å². The van der Waals surface area contributed by atoms with Crippen LogP contribution in [0.4, 0.5) is 11.6 Å². The maximum Gasteiger partial charge on any atom is 0.406 e. The molecule has 0 aliphatic heterocycles. The SMILES string of the molecule is C=CCOc1ccc(CN(C)c2c([N+](=O)[O-])ncn2C)cc1. The third-order valence-electron chi connectivity index (χ3n) is 3.13. The van der Waals surface area contributed by atoms with Crippen molar-refractivity contribution in [2.24, 2.45) is 7.05 Å². The molecule has 0 spiro atoms. The van der Waals surface area contributed by atoms with Crippen LogP contribution in [0, 0.1) is 10.1 Å². The fraction of sp³-hybridized carbons (Fsp3) is 0.267. The summed E-state index contributed by atoms with van der Waals surface area (Å²) in [6.45, 7) is 4.59. The van der Waals surface area contributed by atoms with Crippen molar-refractivity contribution in [1.29, 1.82) is 0 Å². The fourth-order valence-electron chi connectivity index (χ4n) is 2.18. The van der Waals surface area contributed by atoms with Gasteiger partial charge in [-0.15, -0.1) is 0 Å². The van der Waals surface area contributed by atoms with Gasteiger partial charge in [-0.3, -0.25) is 4.57 Å². The van der Waals surface area contributed by atoms with E-state index < -0.39 is 4.92 Å². The number of rotatable bonds is 7. The summed E-state index contributed by atoms with van der Waals surface area (Å²) in [7, 11) is 3.53. The van der Waals surface area contributed by atoms with E-state index in [1.54, 1.807) is 29.6 Å². The minimum atomic E-state index is -0.474. The Hall–Kier alpha value is -2.83. The molecule has 0 aliphatic carbocycles. The van der Waals surface area contributed by atoms with Crippen LogP contribution in [0.15, 0.2) is 43.2 Å². The van der Waals surface area contributed by atoms with Crippen LogP contribution in [0.3, 0.4) is 0 Å². The molecule has 0 saturated carbocycles. The van der Waals surface area contributed by atoms with E-state index in [9.17, 15) is 10.1 Å². The Morgan fingerprint density at radius 3 is 2.73 bits per heavy atom. The second-order valence-electron chi connectivity index (χ2n) is 4.86. The third kappa shape index (κ3) is 3.43. The topological polar surface area (TPSA) is 73.4 Å². The molecule has 116 valence electrons. The van der Waals surface area contributed by atoms with Crippen molar-refractivity contribution < 1.29 is 9.66 Å². The molecular weight excluding hydrogens is 284 g/mol. The highest BCUT2D eigenvalue weighted by atomic mass is 16.6. The molecule has 1 heterocycles. The molecule has 0 saturated heterocycles. The molecule has 0 atom stereocenters. The third-order valence-corrected chi connectivity index (χ3v) is 3.13. The molecule has 1 aromatic heterocycles. The Morgan fingerprint density at radius 1 is 1.45 bits per heavy atom. The van der Waals surface area contributed by atoms with Crippen LogP contribution in [0.25, 0.3) is 0 Å². The second-order valence-corrected chi connectivity index (χ2v) is 4.86. The van der Waals surface area contributed by atoms with Crippen LogP contribution in [0.1, 0.15) is 5.56 Å². The van der Waals surface area contributed by atoms with Crippen LogP contribution in [0.5, 0.6) is 5.75 Å². The van der Waals surface area contributed by atoms with E-state index in [1.165, 1.54) is 6.33 Å². The van der Waals surface area contributed by atoms with Crippen LogP contribution in [0.2, 0.25) is 0 Å². The molecule has 1 aromatic carbocycles. The van der Waals surface area contributed by atoms with Gasteiger partial charge in [0.15, 0.2) is 0 Å². The highest BCUT2D eigenvalue weighted by Crippen LogP contribution is 2.26. The number of benzene rings is 1. The zero-order valence-corrected chi connectivity index (χ0v) is 12.6. The van der Waals surface area contributed by atoms with Crippen LogP contribution >= 0.6 is 0 Å². The van der Waals surface area contributed by atoms with Crippen molar-refractivity contribution in [2.45, 2.75) is 6.54 Å². The summed E-state index contributed by atoms with van der Waals surface area (Å²) in [5.74, 6) is 1.09. The van der Waals surface area contributed by atoms with Gasteiger partial charge in [-0.25, -0.2) is 0 Å². The van der Waals surface area contributed by atoms with Crippen molar-refractivity contribution in [3.05, 3.63) is 58.9 Å². The van der Waals surface area contributed by atoms with E-state index in [-0.39, 0.29) is 5.82 Å². The van der Waals surface area contributed by atoms with Gasteiger partial charge in [0.2, 0.25) is 12.1 Å². The first-order chi connectivity index (χ1) is 10.5. The molecule has 0 amide bonds. The van der Waals surface area contributed by atoms with Crippen molar-refractivity contribution in [2.75, 3.05) is 18.6 Å². The van der Waals surface area contributed by atoms with Gasteiger partial charge in [0.05, 0.1) is 0 Å². The van der Waals surface area contributed by atoms with Crippen LogP contribution in [-0.4, -0.2) is 28.1 Å². The summed E-state index contributed by atoms with van der Waals surface area (Å²) in [5.41, 5.74) is 1.02. The van der Waals surface area contributed by atoms with E-state index in [0.717, 1.165) is 11.3 Å². The number of ether oxygens (including phenoxy) is 1. The molecular formula is C15H18N4O3. The number of aryl methyl sites for hydroxylation is 1. The molecule has 2 aromatic rings. The molecule has 0 N–H and O–H groups in total. The lowest BCUT2D eigenvalue weighted by atomic mass is 10.2. The largest absolute Gasteiger partial charge is 0.490 e. The monoisotopic (exact) mass is 302 g/mol. The lowest BCUT2D eigenvalue weighted by Crippen LogP contribution is -2.20. The van der Waals surface area contributed by atoms with Gasteiger partial charge >= 0.3 is 5.82 Å². The first-order valence-corrected chi connectivity index (χ1v) is 6.72. The van der Waals surface area contributed by atoms with E-state index in [1.807, 2.05) is 24.3 Å². The molecule has 0 bridgehead atoms. The summed E-state index contributed by atoms with van der Waals surface area (Å²) in [4.78, 5) is 16.2. The first-order valence-electron chi connectivity index (χ1n) is 6.72. The minimum Gasteiger partial charge on any atom is -0.490 e. The average Bonchev–Trinajstić information content (AvgIpc) is 2.88. The van der Waals surface area contributed by atoms with Crippen molar-refractivity contribution >= 4 is 11.6 Å². The quantitative estimate of drug-likeness (QED) is 0.446. The van der Waals surface area contributed by atoms with Gasteiger partial charge in [-0.1, -0.05) is 24.8 Å². The number of anilines is 1. The number of nitrogens with zero attached hydrogens (tertiary/aromatic N) is 4. The maximum atomic E-state index is 11.0. The molecule has 7 heteroatoms. The summed E-state index contributed by atoms with van der Waals surface area (Å²) in [5, 5.41) is 11.0. The van der Waals surface area contributed by atoms with Crippen molar-refractivity contribution in [1.82, 2.24) is 9.55 Å². The Balaban J connectivity index is 2.12. The lowest BCUT2D eigenvalue weighted by molar-refractivity contribution is -0.388. The molecule has 0 aliphatic rings. The predicted molar refractivity (Wildman–Crippen MR) is 84.1 cm³/mol. The van der Waals surface area contributed by atoms with Gasteiger partial charge in [-0.05, 0) is 27.6 Å². The maximum absolute atomic E-state index is 11.0. The normalized spacial score (nSPS) is 10.3. The Morgan fingerprint density at radius 2 is 2.14 bits per heavy atom. The van der Waals surface area contributed by atoms with Gasteiger partial charge in [0.1, 0.15) is 12.4 Å². The van der Waals surface area contributed by atoms with Crippen molar-refractivity contribution in [3.8, 4) is 5.75 Å². The van der Waals surface area contributed by atoms with E-state index in [2.05, 4.69) is 11.6 Å². The molecule has 7 nitrogen and oxygen atoms in total. The first kappa shape index (κ1) is 15.6. The standard InChI is InChI=1S/C15H18N4O3/c1-4-9-22-13-7-5-12(6-8-13)10-17(2)15-14(19(20)21)16-11-18(15)3/h4-8,11H,1,9-10H2,2-3H3. The smallest absolute Gasteiger partial charge is 0.406 e. The molecule has 0 radical (unpaired) electrons. The Labute approximate surface area is 128 Å². The number of hydrogen-bond acceptors (Lipinski definition) is 5. The van der Waals surface area contributed by atoms with Gasteiger partial charge in [0.25, 0.3) is 0 Å². The highest BCUT2D eigenvalue weighted by Gasteiger charge is 2.23. The zero-order chi connectivity index (χ0) is 16.1. The summed E-state index contributed by atoms with van der Waals surface area (Å²) in [6.07, 6.45) is 3.12. The second kappa shape index (κ2) is 6.75. The van der Waals surface area contributed by atoms with Crippen LogP contribution in [-0.2, 0) is 13.6 Å². The predicted octanol–water partition coefficient (Wildman–Crippen LogP) is 2.53. The average molecular weight is 302 g/mol. The van der Waals surface area contributed by atoms with Gasteiger partial charge in [-0.2, -0.15) is 0 Å². The molecule has 0 unspecified atom stereocenters. The molecule has 2 rings (SSSR count). The van der Waals surface area contributed by atoms with E-state index in [0.29, 0.717) is 19.0 Å². The van der Waals surface area contributed by atoms with E-state index in [4.69, 9.17) is 4.74 Å². The lowest BCUT2D eigenvalue weighted by Gasteiger charge is -2.18. The van der Waals surface area contributed by atoms with Crippen LogP contribution < -0.4 is 9.64 Å². The highest BCUT2D eigenvalue weighted by molar-refractivity contribution is 5.54. The zero-order valence-electron chi connectivity index (χ0n) is 12.6. The van der Waals surface area contributed by atoms with Crippen molar-refractivity contribution in [3.63, 3.8) is 0 Å². The number of aromatic nitrogens is 2. The Bertz CT molecular complexity index is 664. The summed E-state index contributed by atoms with van der Waals surface area (Å²) < 4.78 is 7.06. The Kier molecular flexibility index (Phi) is 4.77. The van der Waals surface area contributed by atoms with Gasteiger partial charge < -0.3 is 19.8 Å². The number of hydrogen-bond donors (Lipinski definition) is 0. The summed E-state index contributed by atoms with van der Waals surface area (Å²) >= 11 is 0. The van der Waals surface area contributed by atoms with E-state index >= 15 is 0 Å². The molecule has 22 heavy (non-hydrogen) atoms.